The standard InChI is InChI=1S/C6H6N2O2/c9-6(10)3-5-4-7-1-2-8-5/h1-2,4H,3H2,(H,9,10). The summed E-state index contributed by atoms with van der Waals surface area (Å²) >= 11 is 0. The summed E-state index contributed by atoms with van der Waals surface area (Å²) in [5.41, 5.74) is 0.481. The van der Waals surface area contributed by atoms with E-state index in [1.807, 2.05) is 0 Å². The molecule has 1 heterocycles. The number of carboxylic acid groups (broad SMARTS) is 1. The highest BCUT2D eigenvalue weighted by Gasteiger charge is 1.98. The van der Waals surface area contributed by atoms with E-state index in [0.717, 1.165) is 0 Å². The summed E-state index contributed by atoms with van der Waals surface area (Å²) in [6, 6.07) is 0. The van der Waals surface area contributed by atoms with Gasteiger partial charge in [-0.2, -0.15) is 0 Å². The van der Waals surface area contributed by atoms with E-state index < -0.39 is 5.97 Å². The minimum Gasteiger partial charge on any atom is -0.481 e. The minimum atomic E-state index is -0.888. The highest BCUT2D eigenvalue weighted by molar-refractivity contribution is 5.69. The van der Waals surface area contributed by atoms with Crippen LogP contribution in [0.5, 0.6) is 0 Å². The van der Waals surface area contributed by atoms with Crippen molar-refractivity contribution in [1.29, 1.82) is 0 Å². The van der Waals surface area contributed by atoms with Crippen LogP contribution in [0.15, 0.2) is 18.6 Å². The lowest BCUT2D eigenvalue weighted by Gasteiger charge is -1.90. The van der Waals surface area contributed by atoms with E-state index in [9.17, 15) is 4.79 Å². The van der Waals surface area contributed by atoms with Gasteiger partial charge in [0.15, 0.2) is 0 Å². The normalized spacial score (nSPS) is 9.20. The van der Waals surface area contributed by atoms with Crippen LogP contribution in [0, 0.1) is 0 Å². The summed E-state index contributed by atoms with van der Waals surface area (Å²) in [5.74, 6) is -0.888. The second-order valence-electron chi connectivity index (χ2n) is 1.77. The molecule has 0 saturated heterocycles. The second kappa shape index (κ2) is 2.91. The zero-order valence-corrected chi connectivity index (χ0v) is 5.19. The Hall–Kier alpha value is -1.45. The number of hydrogen-bond donors (Lipinski definition) is 1. The lowest BCUT2D eigenvalue weighted by atomic mass is 10.3. The van der Waals surface area contributed by atoms with Crippen molar-refractivity contribution >= 4 is 5.97 Å². The van der Waals surface area contributed by atoms with Crippen LogP contribution in [0.4, 0.5) is 0 Å². The molecule has 0 saturated carbocycles. The van der Waals surface area contributed by atoms with Gasteiger partial charge in [0.1, 0.15) is 0 Å². The summed E-state index contributed by atoms with van der Waals surface area (Å²) < 4.78 is 0. The zero-order chi connectivity index (χ0) is 7.40. The fourth-order valence-corrected chi connectivity index (χ4v) is 0.576. The first-order valence-corrected chi connectivity index (χ1v) is 2.76. The molecule has 0 aliphatic carbocycles. The van der Waals surface area contributed by atoms with Gasteiger partial charge in [-0.25, -0.2) is 0 Å². The summed E-state index contributed by atoms with van der Waals surface area (Å²) in [6.07, 6.45) is 4.35. The molecule has 0 radical (unpaired) electrons. The predicted octanol–water partition coefficient (Wildman–Crippen LogP) is 0.104. The van der Waals surface area contributed by atoms with Crippen molar-refractivity contribution in [2.24, 2.45) is 0 Å². The van der Waals surface area contributed by atoms with Crippen LogP contribution in [-0.4, -0.2) is 21.0 Å². The monoisotopic (exact) mass is 138 g/mol. The average Bonchev–Trinajstić information content (AvgIpc) is 1.88. The summed E-state index contributed by atoms with van der Waals surface area (Å²) in [5, 5.41) is 8.30. The van der Waals surface area contributed by atoms with Crippen molar-refractivity contribution in [2.45, 2.75) is 6.42 Å². The Balaban J connectivity index is 2.67. The summed E-state index contributed by atoms with van der Waals surface area (Å²) in [4.78, 5) is 17.6. The highest BCUT2D eigenvalue weighted by Crippen LogP contribution is 1.90. The van der Waals surface area contributed by atoms with Gasteiger partial charge in [-0.05, 0) is 0 Å². The van der Waals surface area contributed by atoms with E-state index in [0.29, 0.717) is 5.69 Å². The third kappa shape index (κ3) is 1.81. The van der Waals surface area contributed by atoms with Crippen molar-refractivity contribution in [3.8, 4) is 0 Å². The van der Waals surface area contributed by atoms with E-state index in [1.54, 1.807) is 0 Å². The Labute approximate surface area is 57.6 Å². The van der Waals surface area contributed by atoms with Crippen molar-refractivity contribution in [1.82, 2.24) is 9.97 Å². The smallest absolute Gasteiger partial charge is 0.309 e. The Morgan fingerprint density at radius 2 is 2.40 bits per heavy atom. The van der Waals surface area contributed by atoms with Crippen LogP contribution in [0.2, 0.25) is 0 Å². The molecule has 4 nitrogen and oxygen atoms in total. The molecule has 0 atom stereocenters. The van der Waals surface area contributed by atoms with Gasteiger partial charge in [-0.3, -0.25) is 14.8 Å². The summed E-state index contributed by atoms with van der Waals surface area (Å²) in [7, 11) is 0. The molecule has 0 unspecified atom stereocenters. The van der Waals surface area contributed by atoms with Crippen molar-refractivity contribution in [3.05, 3.63) is 24.3 Å². The number of aromatic nitrogens is 2. The lowest BCUT2D eigenvalue weighted by Crippen LogP contribution is -2.01. The van der Waals surface area contributed by atoms with Crippen LogP contribution < -0.4 is 0 Å². The topological polar surface area (TPSA) is 63.1 Å². The number of carbonyl (C=O) groups is 1. The quantitative estimate of drug-likeness (QED) is 0.629. The maximum atomic E-state index is 10.1. The fraction of sp³-hybridized carbons (Fsp3) is 0.167. The van der Waals surface area contributed by atoms with E-state index in [4.69, 9.17) is 5.11 Å². The Kier molecular flexibility index (Phi) is 1.94. The van der Waals surface area contributed by atoms with Crippen LogP contribution >= 0.6 is 0 Å². The van der Waals surface area contributed by atoms with Crippen LogP contribution in [0.3, 0.4) is 0 Å². The number of hydrogen-bond acceptors (Lipinski definition) is 3. The van der Waals surface area contributed by atoms with Crippen molar-refractivity contribution in [3.63, 3.8) is 0 Å². The van der Waals surface area contributed by atoms with E-state index >= 15 is 0 Å². The summed E-state index contributed by atoms with van der Waals surface area (Å²) in [6.45, 7) is 0. The van der Waals surface area contributed by atoms with E-state index in [-0.39, 0.29) is 6.42 Å². The van der Waals surface area contributed by atoms with Crippen LogP contribution in [0.25, 0.3) is 0 Å². The number of rotatable bonds is 2. The molecule has 0 spiro atoms. The molecule has 1 aromatic rings. The first kappa shape index (κ1) is 6.67. The molecule has 1 rings (SSSR count). The second-order valence-corrected chi connectivity index (χ2v) is 1.77. The molecule has 0 aliphatic rings. The molecule has 4 heteroatoms. The maximum absolute atomic E-state index is 10.1. The van der Waals surface area contributed by atoms with E-state index in [1.165, 1.54) is 18.6 Å². The van der Waals surface area contributed by atoms with Gasteiger partial charge >= 0.3 is 5.97 Å². The van der Waals surface area contributed by atoms with Gasteiger partial charge < -0.3 is 5.11 Å². The van der Waals surface area contributed by atoms with Crippen LogP contribution in [-0.2, 0) is 11.2 Å². The van der Waals surface area contributed by atoms with Crippen molar-refractivity contribution < 1.29 is 9.90 Å². The molecule has 52 valence electrons. The third-order valence-corrected chi connectivity index (χ3v) is 0.949. The van der Waals surface area contributed by atoms with Gasteiger partial charge in [-0.1, -0.05) is 0 Å². The maximum Gasteiger partial charge on any atom is 0.309 e. The molecule has 0 bridgehead atoms. The predicted molar refractivity (Wildman–Crippen MR) is 33.4 cm³/mol. The van der Waals surface area contributed by atoms with Gasteiger partial charge in [0.2, 0.25) is 0 Å². The molecular formula is C6H6N2O2. The molecule has 0 aromatic carbocycles. The largest absolute Gasteiger partial charge is 0.481 e. The first-order chi connectivity index (χ1) is 4.79. The Morgan fingerprint density at radius 1 is 1.60 bits per heavy atom. The third-order valence-electron chi connectivity index (χ3n) is 0.949. The SMILES string of the molecule is O=C(O)Cc1cnccn1. The molecule has 0 aliphatic heterocycles. The van der Waals surface area contributed by atoms with Crippen LogP contribution in [0.1, 0.15) is 5.69 Å². The zero-order valence-electron chi connectivity index (χ0n) is 5.19. The highest BCUT2D eigenvalue weighted by atomic mass is 16.4. The molecule has 0 fully saturated rings. The molecule has 10 heavy (non-hydrogen) atoms. The van der Waals surface area contributed by atoms with Gasteiger partial charge in [-0.15, -0.1) is 0 Å². The minimum absolute atomic E-state index is 0.0617. The molecule has 0 amide bonds. The Bertz CT molecular complexity index is 222. The fourth-order valence-electron chi connectivity index (χ4n) is 0.576. The number of nitrogens with zero attached hydrogens (tertiary/aromatic N) is 2. The van der Waals surface area contributed by atoms with Gasteiger partial charge in [0, 0.05) is 18.6 Å². The van der Waals surface area contributed by atoms with Gasteiger partial charge in [0.05, 0.1) is 12.1 Å². The Morgan fingerprint density at radius 3 is 2.90 bits per heavy atom. The van der Waals surface area contributed by atoms with Crippen molar-refractivity contribution in [2.75, 3.05) is 0 Å². The average molecular weight is 138 g/mol. The number of aliphatic carboxylic acids is 1. The molecule has 1 aromatic heterocycles. The lowest BCUT2D eigenvalue weighted by molar-refractivity contribution is -0.136. The molecule has 1 N–H and O–H groups in total. The number of carboxylic acids is 1. The van der Waals surface area contributed by atoms with Gasteiger partial charge in [0.25, 0.3) is 0 Å². The first-order valence-electron chi connectivity index (χ1n) is 2.76. The molecular weight excluding hydrogens is 132 g/mol. The van der Waals surface area contributed by atoms with E-state index in [2.05, 4.69) is 9.97 Å².